The molecule has 0 saturated carbocycles. The summed E-state index contributed by atoms with van der Waals surface area (Å²) < 4.78 is 42.7. The first-order chi connectivity index (χ1) is 7.37. The lowest BCUT2D eigenvalue weighted by atomic mass is 10.3. The van der Waals surface area contributed by atoms with Crippen LogP contribution in [-0.2, 0) is 10.1 Å². The summed E-state index contributed by atoms with van der Waals surface area (Å²) in [6.45, 7) is 3.88. The minimum absolute atomic E-state index is 0.103. The minimum atomic E-state index is -4.28. The highest BCUT2D eigenvalue weighted by molar-refractivity contribution is 7.85. The van der Waals surface area contributed by atoms with Crippen molar-refractivity contribution in [2.75, 3.05) is 12.4 Å². The molecule has 7 heteroatoms. The molecule has 1 atom stereocenters. The van der Waals surface area contributed by atoms with E-state index in [1.54, 1.807) is 0 Å². The summed E-state index contributed by atoms with van der Waals surface area (Å²) in [6.07, 6.45) is -0.706. The third-order valence-corrected chi connectivity index (χ3v) is 4.00. The number of ether oxygens (including phenoxy) is 2. The van der Waals surface area contributed by atoms with Gasteiger partial charge in [0.15, 0.2) is 11.5 Å². The second-order valence-electron chi connectivity index (χ2n) is 3.65. The standard InChI is InChI=1S/C9H12O5S2/c1-5-8-9(6(2)15-5)14-7(3-13-8)4-16(10,11)12/h7H,3-4H2,1-2H3,(H,10,11,12)/p-1. The molecule has 2 rings (SSSR count). The third kappa shape index (κ3) is 2.31. The molecule has 0 saturated heterocycles. The zero-order valence-corrected chi connectivity index (χ0v) is 10.5. The Bertz CT molecular complexity index is 502. The normalized spacial score (nSPS) is 19.8. The van der Waals surface area contributed by atoms with Crippen molar-refractivity contribution in [2.24, 2.45) is 0 Å². The average molecular weight is 263 g/mol. The van der Waals surface area contributed by atoms with Crippen LogP contribution in [0.5, 0.6) is 11.5 Å². The Balaban J connectivity index is 2.21. The quantitative estimate of drug-likeness (QED) is 0.745. The molecular formula is C9H11O5S2-. The lowest BCUT2D eigenvalue weighted by Crippen LogP contribution is -2.35. The van der Waals surface area contributed by atoms with E-state index in [4.69, 9.17) is 9.47 Å². The first-order valence-electron chi connectivity index (χ1n) is 4.70. The summed E-state index contributed by atoms with van der Waals surface area (Å²) in [6, 6.07) is 0. The smallest absolute Gasteiger partial charge is 0.175 e. The monoisotopic (exact) mass is 263 g/mol. The molecule has 0 amide bonds. The van der Waals surface area contributed by atoms with Crippen molar-refractivity contribution >= 4 is 21.5 Å². The number of aryl methyl sites for hydroxylation is 2. The highest BCUT2D eigenvalue weighted by atomic mass is 32.2. The largest absolute Gasteiger partial charge is 0.748 e. The Morgan fingerprint density at radius 3 is 2.62 bits per heavy atom. The molecule has 90 valence electrons. The summed E-state index contributed by atoms with van der Waals surface area (Å²) >= 11 is 1.53. The molecule has 0 fully saturated rings. The number of hydrogen-bond acceptors (Lipinski definition) is 6. The van der Waals surface area contributed by atoms with Crippen LogP contribution in [0.1, 0.15) is 9.75 Å². The number of fused-ring (bicyclic) bond motifs is 1. The van der Waals surface area contributed by atoms with E-state index < -0.39 is 22.0 Å². The van der Waals surface area contributed by atoms with E-state index in [9.17, 15) is 13.0 Å². The molecule has 1 aromatic rings. The highest BCUT2D eigenvalue weighted by Gasteiger charge is 2.27. The van der Waals surface area contributed by atoms with Crippen molar-refractivity contribution in [3.63, 3.8) is 0 Å². The maximum Gasteiger partial charge on any atom is 0.175 e. The molecule has 16 heavy (non-hydrogen) atoms. The molecule has 2 heterocycles. The van der Waals surface area contributed by atoms with Crippen molar-refractivity contribution in [2.45, 2.75) is 20.0 Å². The third-order valence-electron chi connectivity index (χ3n) is 2.24. The molecular weight excluding hydrogens is 252 g/mol. The minimum Gasteiger partial charge on any atom is -0.748 e. The Morgan fingerprint density at radius 2 is 2.00 bits per heavy atom. The van der Waals surface area contributed by atoms with Crippen LogP contribution in [-0.4, -0.2) is 31.4 Å². The zero-order valence-electron chi connectivity index (χ0n) is 8.85. The van der Waals surface area contributed by atoms with Crippen LogP contribution in [0.2, 0.25) is 0 Å². The fourth-order valence-corrected chi connectivity index (χ4v) is 3.19. The van der Waals surface area contributed by atoms with Gasteiger partial charge in [0.05, 0.1) is 15.9 Å². The second kappa shape index (κ2) is 3.90. The Kier molecular flexibility index (Phi) is 2.85. The van der Waals surface area contributed by atoms with Gasteiger partial charge in [0.2, 0.25) is 0 Å². The van der Waals surface area contributed by atoms with Crippen molar-refractivity contribution < 1.29 is 22.4 Å². The summed E-state index contributed by atoms with van der Waals surface area (Å²) in [5.41, 5.74) is 0. The summed E-state index contributed by atoms with van der Waals surface area (Å²) in [7, 11) is -4.28. The first-order valence-corrected chi connectivity index (χ1v) is 7.09. The van der Waals surface area contributed by atoms with Gasteiger partial charge >= 0.3 is 0 Å². The molecule has 1 unspecified atom stereocenters. The SMILES string of the molecule is Cc1sc(C)c2c1OCC(CS(=O)(=O)[O-])O2. The zero-order chi connectivity index (χ0) is 11.9. The molecule has 0 spiro atoms. The lowest BCUT2D eigenvalue weighted by molar-refractivity contribution is 0.105. The Hall–Kier alpha value is -0.790. The van der Waals surface area contributed by atoms with E-state index in [1.165, 1.54) is 11.3 Å². The maximum absolute atomic E-state index is 10.6. The van der Waals surface area contributed by atoms with Gasteiger partial charge in [-0.2, -0.15) is 0 Å². The molecule has 0 aromatic carbocycles. The van der Waals surface area contributed by atoms with Gasteiger partial charge < -0.3 is 14.0 Å². The number of thiophene rings is 1. The van der Waals surface area contributed by atoms with Gasteiger partial charge in [0.25, 0.3) is 0 Å². The summed E-state index contributed by atoms with van der Waals surface area (Å²) in [4.78, 5) is 1.93. The molecule has 0 N–H and O–H groups in total. The maximum atomic E-state index is 10.6. The molecule has 5 nitrogen and oxygen atoms in total. The predicted octanol–water partition coefficient (Wildman–Crippen LogP) is 1.05. The van der Waals surface area contributed by atoms with Crippen LogP contribution in [0.4, 0.5) is 0 Å². The van der Waals surface area contributed by atoms with E-state index in [0.29, 0.717) is 11.5 Å². The van der Waals surface area contributed by atoms with E-state index in [0.717, 1.165) is 9.75 Å². The van der Waals surface area contributed by atoms with Gasteiger partial charge in [-0.25, -0.2) is 8.42 Å². The topological polar surface area (TPSA) is 75.7 Å². The predicted molar refractivity (Wildman–Crippen MR) is 58.3 cm³/mol. The average Bonchev–Trinajstić information content (AvgIpc) is 2.40. The van der Waals surface area contributed by atoms with Gasteiger partial charge in [-0.05, 0) is 13.8 Å². The van der Waals surface area contributed by atoms with Crippen LogP contribution in [0.15, 0.2) is 0 Å². The first kappa shape index (κ1) is 11.7. The molecule has 1 aliphatic rings. The molecule has 0 radical (unpaired) electrons. The fourth-order valence-electron chi connectivity index (χ4n) is 1.63. The van der Waals surface area contributed by atoms with Crippen LogP contribution in [0.3, 0.4) is 0 Å². The molecule has 1 aromatic heterocycles. The van der Waals surface area contributed by atoms with Crippen LogP contribution in [0, 0.1) is 13.8 Å². The van der Waals surface area contributed by atoms with Crippen molar-refractivity contribution in [1.82, 2.24) is 0 Å². The van der Waals surface area contributed by atoms with Gasteiger partial charge in [0.1, 0.15) is 12.7 Å². The van der Waals surface area contributed by atoms with Gasteiger partial charge in [-0.15, -0.1) is 11.3 Å². The molecule has 0 aliphatic carbocycles. The van der Waals surface area contributed by atoms with E-state index in [1.807, 2.05) is 13.8 Å². The van der Waals surface area contributed by atoms with Crippen molar-refractivity contribution in [3.05, 3.63) is 9.75 Å². The van der Waals surface area contributed by atoms with Gasteiger partial charge in [-0.3, -0.25) is 0 Å². The molecule has 0 bridgehead atoms. The van der Waals surface area contributed by atoms with Gasteiger partial charge in [-0.1, -0.05) is 0 Å². The van der Waals surface area contributed by atoms with Crippen LogP contribution < -0.4 is 9.47 Å². The number of hydrogen-bond donors (Lipinski definition) is 0. The Labute approximate surface area is 97.7 Å². The van der Waals surface area contributed by atoms with Crippen LogP contribution >= 0.6 is 11.3 Å². The lowest BCUT2D eigenvalue weighted by Gasteiger charge is -2.26. The summed E-state index contributed by atoms with van der Waals surface area (Å²) in [5.74, 6) is 0.685. The summed E-state index contributed by atoms with van der Waals surface area (Å²) in [5, 5.41) is 0. The van der Waals surface area contributed by atoms with Gasteiger partial charge in [0, 0.05) is 9.75 Å². The fraction of sp³-hybridized carbons (Fsp3) is 0.556. The number of rotatable bonds is 2. The van der Waals surface area contributed by atoms with E-state index in [2.05, 4.69) is 0 Å². The highest BCUT2D eigenvalue weighted by Crippen LogP contribution is 2.43. The van der Waals surface area contributed by atoms with Crippen molar-refractivity contribution in [1.29, 1.82) is 0 Å². The van der Waals surface area contributed by atoms with E-state index >= 15 is 0 Å². The Morgan fingerprint density at radius 1 is 1.38 bits per heavy atom. The van der Waals surface area contributed by atoms with E-state index in [-0.39, 0.29) is 6.61 Å². The van der Waals surface area contributed by atoms with Crippen LogP contribution in [0.25, 0.3) is 0 Å². The van der Waals surface area contributed by atoms with Crippen molar-refractivity contribution in [3.8, 4) is 11.5 Å². The molecule has 1 aliphatic heterocycles. The second-order valence-corrected chi connectivity index (χ2v) is 6.53.